The van der Waals surface area contributed by atoms with Gasteiger partial charge in [0.15, 0.2) is 0 Å². The molecule has 0 aliphatic carbocycles. The van der Waals surface area contributed by atoms with Gasteiger partial charge < -0.3 is 20.5 Å². The average Bonchev–Trinajstić information content (AvgIpc) is 2.72. The molecule has 9 nitrogen and oxygen atoms in total. The van der Waals surface area contributed by atoms with Gasteiger partial charge in [0.2, 0.25) is 11.8 Å². The number of aliphatic carboxylic acids is 1. The predicted molar refractivity (Wildman–Crippen MR) is 133 cm³/mol. The third kappa shape index (κ3) is 9.62. The van der Waals surface area contributed by atoms with Crippen LogP contribution in [0.4, 0.5) is 4.79 Å². The Kier molecular flexibility index (Phi) is 11.4. The number of carbonyl (C=O) groups is 4. The van der Waals surface area contributed by atoms with Crippen LogP contribution in [-0.4, -0.2) is 76.7 Å². The molecule has 3 atom stereocenters. The maximum atomic E-state index is 13.3. The van der Waals surface area contributed by atoms with Crippen molar-refractivity contribution in [2.24, 2.45) is 5.92 Å². The zero-order valence-corrected chi connectivity index (χ0v) is 21.8. The van der Waals surface area contributed by atoms with E-state index >= 15 is 0 Å². The Labute approximate surface area is 206 Å². The lowest BCUT2D eigenvalue weighted by Gasteiger charge is -2.33. The summed E-state index contributed by atoms with van der Waals surface area (Å²) < 4.78 is 5.39. The summed E-state index contributed by atoms with van der Waals surface area (Å²) in [5, 5.41) is 14.7. The Morgan fingerprint density at radius 2 is 1.59 bits per heavy atom. The van der Waals surface area contributed by atoms with E-state index in [4.69, 9.17) is 4.74 Å². The number of likely N-dealkylation sites (N-methyl/N-ethyl adjacent to an activating group) is 1. The molecule has 0 aliphatic heterocycles. The van der Waals surface area contributed by atoms with Crippen molar-refractivity contribution in [2.75, 3.05) is 19.1 Å². The monoisotopic (exact) mass is 495 g/mol. The molecule has 0 heterocycles. The summed E-state index contributed by atoms with van der Waals surface area (Å²) in [6.45, 7) is 8.78. The van der Waals surface area contributed by atoms with Crippen molar-refractivity contribution in [3.05, 3.63) is 35.9 Å². The van der Waals surface area contributed by atoms with Gasteiger partial charge in [0.1, 0.15) is 23.7 Å². The van der Waals surface area contributed by atoms with Crippen molar-refractivity contribution in [1.82, 2.24) is 15.5 Å². The number of thioether (sulfide) groups is 1. The molecule has 34 heavy (non-hydrogen) atoms. The number of hydrogen-bond acceptors (Lipinski definition) is 6. The molecule has 0 spiro atoms. The predicted octanol–water partition coefficient (Wildman–Crippen LogP) is 2.54. The van der Waals surface area contributed by atoms with E-state index in [0.717, 1.165) is 5.56 Å². The van der Waals surface area contributed by atoms with Crippen LogP contribution in [-0.2, 0) is 25.5 Å². The van der Waals surface area contributed by atoms with Crippen molar-refractivity contribution < 1.29 is 29.0 Å². The van der Waals surface area contributed by atoms with Gasteiger partial charge in [-0.15, -0.1) is 0 Å². The van der Waals surface area contributed by atoms with Crippen molar-refractivity contribution >= 4 is 35.6 Å². The number of nitrogens with one attached hydrogen (secondary N) is 2. The van der Waals surface area contributed by atoms with E-state index < -0.39 is 47.6 Å². The van der Waals surface area contributed by atoms with Gasteiger partial charge in [-0.25, -0.2) is 9.59 Å². The van der Waals surface area contributed by atoms with Crippen LogP contribution in [0.3, 0.4) is 0 Å². The highest BCUT2D eigenvalue weighted by Crippen LogP contribution is 2.16. The van der Waals surface area contributed by atoms with E-state index in [-0.39, 0.29) is 18.1 Å². The molecular formula is C24H37N3O6S. The lowest BCUT2D eigenvalue weighted by Crippen LogP contribution is -2.58. The van der Waals surface area contributed by atoms with Gasteiger partial charge in [-0.1, -0.05) is 44.2 Å². The number of rotatable bonds is 11. The molecule has 0 saturated carbocycles. The molecule has 3 N–H and O–H groups in total. The molecule has 0 fully saturated rings. The molecule has 0 aliphatic rings. The van der Waals surface area contributed by atoms with Gasteiger partial charge in [-0.3, -0.25) is 14.5 Å². The zero-order valence-electron chi connectivity index (χ0n) is 21.0. The minimum absolute atomic E-state index is 0.158. The van der Waals surface area contributed by atoms with Gasteiger partial charge in [0.05, 0.1) is 0 Å². The molecule has 0 aromatic heterocycles. The third-order valence-corrected chi connectivity index (χ3v) is 5.53. The van der Waals surface area contributed by atoms with Crippen LogP contribution >= 0.6 is 11.8 Å². The average molecular weight is 496 g/mol. The molecule has 190 valence electrons. The Hall–Kier alpha value is -2.75. The molecule has 1 rings (SSSR count). The first kappa shape index (κ1) is 29.3. The highest BCUT2D eigenvalue weighted by Gasteiger charge is 2.35. The second-order valence-corrected chi connectivity index (χ2v) is 10.3. The summed E-state index contributed by atoms with van der Waals surface area (Å²) in [7, 11) is 1.48. The Balaban J connectivity index is 3.15. The summed E-state index contributed by atoms with van der Waals surface area (Å²) in [6.07, 6.45) is 1.24. The molecule has 3 amide bonds. The molecular weight excluding hydrogens is 458 g/mol. The first-order valence-corrected chi connectivity index (χ1v) is 12.5. The summed E-state index contributed by atoms with van der Waals surface area (Å²) in [5.74, 6) is -2.39. The van der Waals surface area contributed by atoms with E-state index in [2.05, 4.69) is 10.6 Å². The number of carboxylic acids is 1. The molecule has 0 unspecified atom stereocenters. The fourth-order valence-corrected chi connectivity index (χ4v) is 3.86. The Bertz CT molecular complexity index is 841. The van der Waals surface area contributed by atoms with Crippen LogP contribution in [0.15, 0.2) is 30.3 Å². The number of amides is 3. The van der Waals surface area contributed by atoms with E-state index in [1.54, 1.807) is 40.9 Å². The Morgan fingerprint density at radius 1 is 1.03 bits per heavy atom. The highest BCUT2D eigenvalue weighted by molar-refractivity contribution is 7.98. The summed E-state index contributed by atoms with van der Waals surface area (Å²) >= 11 is 1.29. The second kappa shape index (κ2) is 13.2. The van der Waals surface area contributed by atoms with Gasteiger partial charge in [0.25, 0.3) is 0 Å². The second-order valence-electron chi connectivity index (χ2n) is 9.39. The van der Waals surface area contributed by atoms with Crippen molar-refractivity contribution in [3.8, 4) is 0 Å². The minimum Gasteiger partial charge on any atom is -0.480 e. The number of carbonyl (C=O) groups excluding carboxylic acids is 3. The highest BCUT2D eigenvalue weighted by atomic mass is 32.2. The zero-order chi connectivity index (χ0) is 26.1. The molecule has 0 bridgehead atoms. The van der Waals surface area contributed by atoms with E-state index in [0.29, 0.717) is 0 Å². The molecule has 1 aromatic carbocycles. The number of ether oxygens (including phenoxy) is 1. The molecule has 0 saturated heterocycles. The standard InChI is InChI=1S/C24H37N3O6S/c1-15(2)19(27(6)23(32)33-24(3,4)5)21(29)25-17(13-16-11-9-8-10-12-16)20(28)26-18(14-34-7)22(30)31/h8-12,15,17-19H,13-14H2,1-7H3,(H,25,29)(H,26,28)(H,30,31)/t17-,18-,19-/m0/s1. The van der Waals surface area contributed by atoms with Gasteiger partial charge in [0, 0.05) is 19.2 Å². The smallest absolute Gasteiger partial charge is 0.410 e. The van der Waals surface area contributed by atoms with Crippen LogP contribution in [0.2, 0.25) is 0 Å². The topological polar surface area (TPSA) is 125 Å². The Morgan fingerprint density at radius 3 is 2.06 bits per heavy atom. The summed E-state index contributed by atoms with van der Waals surface area (Å²) in [6, 6.07) is 6.06. The first-order chi connectivity index (χ1) is 15.8. The van der Waals surface area contributed by atoms with E-state index in [1.165, 1.54) is 23.7 Å². The maximum absolute atomic E-state index is 13.3. The quantitative estimate of drug-likeness (QED) is 0.431. The van der Waals surface area contributed by atoms with Crippen LogP contribution in [0.1, 0.15) is 40.2 Å². The van der Waals surface area contributed by atoms with Crippen molar-refractivity contribution in [1.29, 1.82) is 0 Å². The van der Waals surface area contributed by atoms with Gasteiger partial charge in [-0.2, -0.15) is 11.8 Å². The van der Waals surface area contributed by atoms with Crippen LogP contribution in [0, 0.1) is 5.92 Å². The number of nitrogens with zero attached hydrogens (tertiary/aromatic N) is 1. The van der Waals surface area contributed by atoms with Gasteiger partial charge >= 0.3 is 12.1 Å². The fourth-order valence-electron chi connectivity index (χ4n) is 3.30. The molecule has 10 heteroatoms. The molecule has 0 radical (unpaired) electrons. The fraction of sp³-hybridized carbons (Fsp3) is 0.583. The van der Waals surface area contributed by atoms with Crippen LogP contribution in [0.5, 0.6) is 0 Å². The van der Waals surface area contributed by atoms with E-state index in [9.17, 15) is 24.3 Å². The SMILES string of the molecule is CSC[C@H](NC(=O)[C@H](Cc1ccccc1)NC(=O)[C@H](C(C)C)N(C)C(=O)OC(C)(C)C)C(=O)O. The summed E-state index contributed by atoms with van der Waals surface area (Å²) in [5.41, 5.74) is 0.0589. The van der Waals surface area contributed by atoms with Crippen LogP contribution in [0.25, 0.3) is 0 Å². The first-order valence-electron chi connectivity index (χ1n) is 11.1. The normalized spacial score (nSPS) is 14.0. The maximum Gasteiger partial charge on any atom is 0.410 e. The number of hydrogen-bond donors (Lipinski definition) is 3. The lowest BCUT2D eigenvalue weighted by atomic mass is 10.00. The largest absolute Gasteiger partial charge is 0.480 e. The number of carboxylic acid groups (broad SMARTS) is 1. The summed E-state index contributed by atoms with van der Waals surface area (Å²) in [4.78, 5) is 51.7. The molecule has 1 aromatic rings. The number of benzene rings is 1. The third-order valence-electron chi connectivity index (χ3n) is 4.86. The van der Waals surface area contributed by atoms with Crippen LogP contribution < -0.4 is 10.6 Å². The minimum atomic E-state index is -1.16. The lowest BCUT2D eigenvalue weighted by molar-refractivity contribution is -0.141. The van der Waals surface area contributed by atoms with Crippen molar-refractivity contribution in [3.63, 3.8) is 0 Å². The van der Waals surface area contributed by atoms with Crippen molar-refractivity contribution in [2.45, 2.75) is 64.8 Å². The van der Waals surface area contributed by atoms with Gasteiger partial charge in [-0.05, 0) is 38.5 Å². The van der Waals surface area contributed by atoms with E-state index in [1.807, 2.05) is 30.3 Å².